The number of ether oxygens (including phenoxy) is 1. The van der Waals surface area contributed by atoms with Crippen molar-refractivity contribution in [3.63, 3.8) is 0 Å². The van der Waals surface area contributed by atoms with Gasteiger partial charge in [0, 0.05) is 37.8 Å². The van der Waals surface area contributed by atoms with Gasteiger partial charge in [-0.05, 0) is 24.3 Å². The van der Waals surface area contributed by atoms with Crippen molar-refractivity contribution in [2.24, 2.45) is 0 Å². The van der Waals surface area contributed by atoms with E-state index in [-0.39, 0.29) is 14.9 Å². The van der Waals surface area contributed by atoms with Crippen LogP contribution < -0.4 is 4.74 Å². The SMILES string of the molecule is COc1ccccc1-c1cc(CN2CCN(S(=O)(=O)c3c(Cl)cccc3Cl)CC2)on1. The van der Waals surface area contributed by atoms with E-state index in [2.05, 4.69) is 10.1 Å². The summed E-state index contributed by atoms with van der Waals surface area (Å²) < 4.78 is 38.3. The fourth-order valence-electron chi connectivity index (χ4n) is 3.58. The van der Waals surface area contributed by atoms with Crippen LogP contribution in [-0.2, 0) is 16.6 Å². The Balaban J connectivity index is 1.42. The van der Waals surface area contributed by atoms with Crippen molar-refractivity contribution >= 4 is 33.2 Å². The first-order valence-electron chi connectivity index (χ1n) is 9.65. The number of nitrogens with zero attached hydrogens (tertiary/aromatic N) is 3. The summed E-state index contributed by atoms with van der Waals surface area (Å²) in [6, 6.07) is 14.2. The van der Waals surface area contributed by atoms with Crippen LogP contribution >= 0.6 is 23.2 Å². The minimum Gasteiger partial charge on any atom is -0.496 e. The molecule has 1 fully saturated rings. The zero-order valence-electron chi connectivity index (χ0n) is 16.8. The lowest BCUT2D eigenvalue weighted by Crippen LogP contribution is -2.48. The molecule has 1 aromatic heterocycles. The fourth-order valence-corrected chi connectivity index (χ4v) is 6.09. The Morgan fingerprint density at radius 2 is 1.71 bits per heavy atom. The number of hydrogen-bond acceptors (Lipinski definition) is 6. The smallest absolute Gasteiger partial charge is 0.246 e. The van der Waals surface area contributed by atoms with E-state index in [0.29, 0.717) is 44.2 Å². The molecule has 10 heteroatoms. The van der Waals surface area contributed by atoms with Crippen LogP contribution in [0.3, 0.4) is 0 Å². The summed E-state index contributed by atoms with van der Waals surface area (Å²) in [5, 5.41) is 4.41. The first kappa shape index (κ1) is 22.1. The molecule has 2 aromatic carbocycles. The number of hydrogen-bond donors (Lipinski definition) is 0. The van der Waals surface area contributed by atoms with Crippen molar-refractivity contribution < 1.29 is 17.7 Å². The summed E-state index contributed by atoms with van der Waals surface area (Å²) >= 11 is 12.2. The second-order valence-electron chi connectivity index (χ2n) is 7.11. The molecule has 31 heavy (non-hydrogen) atoms. The predicted molar refractivity (Wildman–Crippen MR) is 119 cm³/mol. The lowest BCUT2D eigenvalue weighted by atomic mass is 10.1. The lowest BCUT2D eigenvalue weighted by Gasteiger charge is -2.33. The second-order valence-corrected chi connectivity index (χ2v) is 9.80. The molecule has 164 valence electrons. The van der Waals surface area contributed by atoms with Crippen LogP contribution in [0.2, 0.25) is 10.0 Å². The third kappa shape index (κ3) is 4.58. The van der Waals surface area contributed by atoms with E-state index in [4.69, 9.17) is 32.5 Å². The molecular formula is C21H21Cl2N3O4S. The molecule has 1 saturated heterocycles. The van der Waals surface area contributed by atoms with Crippen LogP contribution in [0.15, 0.2) is 57.9 Å². The molecule has 2 heterocycles. The van der Waals surface area contributed by atoms with Crippen molar-refractivity contribution in [3.8, 4) is 17.0 Å². The lowest BCUT2D eigenvalue weighted by molar-refractivity contribution is 0.166. The molecule has 4 rings (SSSR count). The normalized spacial score (nSPS) is 15.8. The zero-order valence-corrected chi connectivity index (χ0v) is 19.1. The predicted octanol–water partition coefficient (Wildman–Crippen LogP) is 4.16. The Bertz CT molecular complexity index is 1150. The molecule has 0 atom stereocenters. The summed E-state index contributed by atoms with van der Waals surface area (Å²) in [5.41, 5.74) is 1.55. The van der Waals surface area contributed by atoms with Crippen LogP contribution in [0.4, 0.5) is 0 Å². The first-order valence-corrected chi connectivity index (χ1v) is 11.9. The molecule has 0 spiro atoms. The molecule has 1 aliphatic heterocycles. The van der Waals surface area contributed by atoms with E-state index in [0.717, 1.165) is 11.3 Å². The molecule has 0 saturated carbocycles. The van der Waals surface area contributed by atoms with Gasteiger partial charge in [0.1, 0.15) is 16.3 Å². The van der Waals surface area contributed by atoms with Crippen LogP contribution in [0.5, 0.6) is 5.75 Å². The van der Waals surface area contributed by atoms with Crippen molar-refractivity contribution in [2.75, 3.05) is 33.3 Å². The molecule has 1 aliphatic rings. The molecular weight excluding hydrogens is 461 g/mol. The van der Waals surface area contributed by atoms with Gasteiger partial charge < -0.3 is 9.26 Å². The van der Waals surface area contributed by atoms with Crippen molar-refractivity contribution in [1.29, 1.82) is 0 Å². The van der Waals surface area contributed by atoms with Gasteiger partial charge in [0.05, 0.1) is 23.7 Å². The van der Waals surface area contributed by atoms with Gasteiger partial charge >= 0.3 is 0 Å². The van der Waals surface area contributed by atoms with E-state index in [1.54, 1.807) is 13.2 Å². The average molecular weight is 482 g/mol. The third-order valence-corrected chi connectivity index (χ3v) is 8.02. The topological polar surface area (TPSA) is 75.9 Å². The number of methoxy groups -OCH3 is 1. The Morgan fingerprint density at radius 3 is 2.39 bits per heavy atom. The van der Waals surface area contributed by atoms with E-state index in [1.807, 2.05) is 30.3 Å². The van der Waals surface area contributed by atoms with E-state index in [1.165, 1.54) is 16.4 Å². The van der Waals surface area contributed by atoms with Crippen LogP contribution in [-0.4, -0.2) is 56.1 Å². The Kier molecular flexibility index (Phi) is 6.55. The molecule has 0 unspecified atom stereocenters. The maximum atomic E-state index is 13.0. The monoisotopic (exact) mass is 481 g/mol. The summed E-state index contributed by atoms with van der Waals surface area (Å²) in [7, 11) is -2.15. The summed E-state index contributed by atoms with van der Waals surface area (Å²) in [6.07, 6.45) is 0. The molecule has 0 bridgehead atoms. The highest BCUT2D eigenvalue weighted by molar-refractivity contribution is 7.89. The fraction of sp³-hybridized carbons (Fsp3) is 0.286. The molecule has 0 radical (unpaired) electrons. The maximum absolute atomic E-state index is 13.0. The van der Waals surface area contributed by atoms with Crippen molar-refractivity contribution in [1.82, 2.24) is 14.4 Å². The van der Waals surface area contributed by atoms with Crippen molar-refractivity contribution in [3.05, 3.63) is 64.3 Å². The molecule has 0 aliphatic carbocycles. The second kappa shape index (κ2) is 9.18. The number of aromatic nitrogens is 1. The maximum Gasteiger partial charge on any atom is 0.246 e. The highest BCUT2D eigenvalue weighted by Gasteiger charge is 2.32. The highest BCUT2D eigenvalue weighted by atomic mass is 35.5. The minimum atomic E-state index is -3.77. The van der Waals surface area contributed by atoms with E-state index < -0.39 is 10.0 Å². The van der Waals surface area contributed by atoms with Gasteiger partial charge in [0.2, 0.25) is 10.0 Å². The standard InChI is InChI=1S/C21H21Cl2N3O4S/c1-29-20-8-3-2-5-16(20)19-13-15(30-24-19)14-25-9-11-26(12-10-25)31(27,28)21-17(22)6-4-7-18(21)23/h2-8,13H,9-12,14H2,1H3. The van der Waals surface area contributed by atoms with Crippen LogP contribution in [0.1, 0.15) is 5.76 Å². The van der Waals surface area contributed by atoms with Crippen LogP contribution in [0, 0.1) is 0 Å². The number of piperazine rings is 1. The Morgan fingerprint density at radius 1 is 1.03 bits per heavy atom. The quantitative estimate of drug-likeness (QED) is 0.525. The summed E-state index contributed by atoms with van der Waals surface area (Å²) in [6.45, 7) is 2.29. The number of benzene rings is 2. The third-order valence-electron chi connectivity index (χ3n) is 5.17. The van der Waals surface area contributed by atoms with Gasteiger partial charge in [-0.15, -0.1) is 0 Å². The Hall–Kier alpha value is -2.10. The number of para-hydroxylation sites is 1. The number of rotatable bonds is 6. The highest BCUT2D eigenvalue weighted by Crippen LogP contribution is 2.32. The van der Waals surface area contributed by atoms with Gasteiger partial charge in [-0.25, -0.2) is 8.42 Å². The molecule has 3 aromatic rings. The largest absolute Gasteiger partial charge is 0.496 e. The van der Waals surface area contributed by atoms with Gasteiger partial charge in [0.15, 0.2) is 5.76 Å². The van der Waals surface area contributed by atoms with Crippen LogP contribution in [0.25, 0.3) is 11.3 Å². The Labute approximate surface area is 191 Å². The number of sulfonamides is 1. The zero-order chi connectivity index (χ0) is 22.0. The number of halogens is 2. The molecule has 0 amide bonds. The molecule has 7 nitrogen and oxygen atoms in total. The average Bonchev–Trinajstić information content (AvgIpc) is 3.22. The van der Waals surface area contributed by atoms with E-state index in [9.17, 15) is 8.42 Å². The van der Waals surface area contributed by atoms with E-state index >= 15 is 0 Å². The van der Waals surface area contributed by atoms with Gasteiger partial charge in [-0.2, -0.15) is 4.31 Å². The van der Waals surface area contributed by atoms with Crippen molar-refractivity contribution in [2.45, 2.75) is 11.4 Å². The summed E-state index contributed by atoms with van der Waals surface area (Å²) in [4.78, 5) is 2.08. The first-order chi connectivity index (χ1) is 14.9. The molecule has 0 N–H and O–H groups in total. The van der Waals surface area contributed by atoms with Gasteiger partial charge in [0.25, 0.3) is 0 Å². The van der Waals surface area contributed by atoms with Gasteiger partial charge in [-0.1, -0.05) is 46.6 Å². The summed E-state index contributed by atoms with van der Waals surface area (Å²) in [5.74, 6) is 1.42. The van der Waals surface area contributed by atoms with Gasteiger partial charge in [-0.3, -0.25) is 4.90 Å². The minimum absolute atomic E-state index is 0.0385.